The largest absolute Gasteiger partial charge is 0.308 e. The topological polar surface area (TPSA) is 24.9 Å². The SMILES string of the molecule is CCNC(c1nc(C)c(C)s1)C1CC1. The molecule has 1 N–H and O–H groups in total. The molecule has 0 amide bonds. The summed E-state index contributed by atoms with van der Waals surface area (Å²) in [5.41, 5.74) is 1.20. The van der Waals surface area contributed by atoms with Crippen LogP contribution in [-0.2, 0) is 0 Å². The maximum absolute atomic E-state index is 4.65. The molecule has 0 aromatic carbocycles. The third-order valence-corrected chi connectivity index (χ3v) is 3.98. The quantitative estimate of drug-likeness (QED) is 0.826. The van der Waals surface area contributed by atoms with Gasteiger partial charge in [-0.3, -0.25) is 0 Å². The van der Waals surface area contributed by atoms with E-state index in [4.69, 9.17) is 0 Å². The first-order valence-corrected chi connectivity index (χ1v) is 6.21. The number of hydrogen-bond donors (Lipinski definition) is 1. The fourth-order valence-electron chi connectivity index (χ4n) is 1.74. The summed E-state index contributed by atoms with van der Waals surface area (Å²) in [5, 5.41) is 4.85. The number of nitrogens with one attached hydrogen (secondary N) is 1. The van der Waals surface area contributed by atoms with Crippen molar-refractivity contribution >= 4 is 11.3 Å². The lowest BCUT2D eigenvalue weighted by Gasteiger charge is -2.13. The van der Waals surface area contributed by atoms with E-state index in [0.717, 1.165) is 12.5 Å². The van der Waals surface area contributed by atoms with Crippen molar-refractivity contribution < 1.29 is 0 Å². The number of nitrogens with zero attached hydrogens (tertiary/aromatic N) is 1. The third-order valence-electron chi connectivity index (χ3n) is 2.83. The first kappa shape index (κ1) is 10.1. The summed E-state index contributed by atoms with van der Waals surface area (Å²) in [6.07, 6.45) is 2.74. The Balaban J connectivity index is 2.16. The molecule has 0 bridgehead atoms. The van der Waals surface area contributed by atoms with Crippen LogP contribution < -0.4 is 5.32 Å². The fourth-order valence-corrected chi connectivity index (χ4v) is 2.83. The summed E-state index contributed by atoms with van der Waals surface area (Å²) >= 11 is 1.86. The molecule has 0 aliphatic heterocycles. The summed E-state index contributed by atoms with van der Waals surface area (Å²) in [6.45, 7) is 7.47. The second-order valence-electron chi connectivity index (χ2n) is 4.07. The minimum atomic E-state index is 0.525. The molecular weight excluding hydrogens is 192 g/mol. The summed E-state index contributed by atoms with van der Waals surface area (Å²) in [5.74, 6) is 0.847. The van der Waals surface area contributed by atoms with Crippen LogP contribution in [0.3, 0.4) is 0 Å². The number of hydrogen-bond acceptors (Lipinski definition) is 3. The third kappa shape index (κ3) is 1.98. The molecule has 1 saturated carbocycles. The summed E-state index contributed by atoms with van der Waals surface area (Å²) in [4.78, 5) is 6.01. The predicted molar refractivity (Wildman–Crippen MR) is 60.7 cm³/mol. The smallest absolute Gasteiger partial charge is 0.110 e. The van der Waals surface area contributed by atoms with Crippen molar-refractivity contribution in [2.24, 2.45) is 5.92 Å². The molecule has 0 radical (unpaired) electrons. The van der Waals surface area contributed by atoms with Gasteiger partial charge in [0.2, 0.25) is 0 Å². The van der Waals surface area contributed by atoms with Gasteiger partial charge in [-0.1, -0.05) is 6.92 Å². The van der Waals surface area contributed by atoms with Crippen LogP contribution in [0, 0.1) is 19.8 Å². The van der Waals surface area contributed by atoms with E-state index in [9.17, 15) is 0 Å². The summed E-state index contributed by atoms with van der Waals surface area (Å²) in [7, 11) is 0. The predicted octanol–water partition coefficient (Wildman–Crippen LogP) is 2.82. The number of rotatable bonds is 4. The Morgan fingerprint density at radius 2 is 2.21 bits per heavy atom. The van der Waals surface area contributed by atoms with E-state index in [1.54, 1.807) is 0 Å². The lowest BCUT2D eigenvalue weighted by atomic mass is 10.2. The van der Waals surface area contributed by atoms with Gasteiger partial charge in [-0.15, -0.1) is 11.3 Å². The van der Waals surface area contributed by atoms with Gasteiger partial charge in [-0.05, 0) is 39.2 Å². The molecule has 1 heterocycles. The van der Waals surface area contributed by atoms with Gasteiger partial charge < -0.3 is 5.32 Å². The highest BCUT2D eigenvalue weighted by Gasteiger charge is 2.33. The Hall–Kier alpha value is -0.410. The molecule has 0 spiro atoms. The van der Waals surface area contributed by atoms with Gasteiger partial charge in [0.25, 0.3) is 0 Å². The highest BCUT2D eigenvalue weighted by atomic mass is 32.1. The van der Waals surface area contributed by atoms with Crippen molar-refractivity contribution in [1.82, 2.24) is 10.3 Å². The minimum absolute atomic E-state index is 0.525. The molecule has 2 rings (SSSR count). The average molecular weight is 210 g/mol. The van der Waals surface area contributed by atoms with Crippen LogP contribution >= 0.6 is 11.3 Å². The Morgan fingerprint density at radius 3 is 2.64 bits per heavy atom. The zero-order valence-corrected chi connectivity index (χ0v) is 9.95. The van der Waals surface area contributed by atoms with Gasteiger partial charge in [0.15, 0.2) is 0 Å². The molecule has 1 aromatic rings. The van der Waals surface area contributed by atoms with Crippen molar-refractivity contribution in [3.8, 4) is 0 Å². The molecule has 1 aromatic heterocycles. The highest BCUT2D eigenvalue weighted by molar-refractivity contribution is 7.11. The highest BCUT2D eigenvalue weighted by Crippen LogP contribution is 2.42. The van der Waals surface area contributed by atoms with Gasteiger partial charge in [0.05, 0.1) is 11.7 Å². The lowest BCUT2D eigenvalue weighted by molar-refractivity contribution is 0.493. The molecule has 1 aliphatic carbocycles. The van der Waals surface area contributed by atoms with Crippen LogP contribution in [0.1, 0.15) is 41.4 Å². The maximum atomic E-state index is 4.65. The van der Waals surface area contributed by atoms with E-state index in [2.05, 4.69) is 31.1 Å². The Kier molecular flexibility index (Phi) is 2.88. The summed E-state index contributed by atoms with van der Waals surface area (Å²) in [6, 6.07) is 0.525. The zero-order chi connectivity index (χ0) is 10.1. The molecular formula is C11H18N2S. The van der Waals surface area contributed by atoms with Gasteiger partial charge >= 0.3 is 0 Å². The Bertz CT molecular complexity index is 296. The van der Waals surface area contributed by atoms with Crippen LogP contribution in [0.4, 0.5) is 0 Å². The van der Waals surface area contributed by atoms with Crippen LogP contribution in [-0.4, -0.2) is 11.5 Å². The molecule has 2 nitrogen and oxygen atoms in total. The number of thiazole rings is 1. The first-order valence-electron chi connectivity index (χ1n) is 5.39. The molecule has 14 heavy (non-hydrogen) atoms. The molecule has 1 atom stereocenters. The molecule has 1 fully saturated rings. The normalized spacial score (nSPS) is 18.5. The van der Waals surface area contributed by atoms with Crippen LogP contribution in [0.5, 0.6) is 0 Å². The fraction of sp³-hybridized carbons (Fsp3) is 0.727. The van der Waals surface area contributed by atoms with E-state index in [-0.39, 0.29) is 0 Å². The average Bonchev–Trinajstić information content (AvgIpc) is 2.91. The zero-order valence-electron chi connectivity index (χ0n) is 9.13. The Labute approximate surface area is 89.8 Å². The van der Waals surface area contributed by atoms with E-state index in [0.29, 0.717) is 6.04 Å². The van der Waals surface area contributed by atoms with Crippen molar-refractivity contribution in [1.29, 1.82) is 0 Å². The molecule has 78 valence electrons. The second kappa shape index (κ2) is 3.99. The van der Waals surface area contributed by atoms with Crippen molar-refractivity contribution in [3.05, 3.63) is 15.6 Å². The first-order chi connectivity index (χ1) is 6.72. The van der Waals surface area contributed by atoms with E-state index < -0.39 is 0 Å². The van der Waals surface area contributed by atoms with Crippen molar-refractivity contribution in [2.45, 2.75) is 39.7 Å². The van der Waals surface area contributed by atoms with Gasteiger partial charge in [-0.2, -0.15) is 0 Å². The standard InChI is InChI=1S/C11H18N2S/c1-4-12-10(9-5-6-9)11-13-7(2)8(3)14-11/h9-10,12H,4-6H2,1-3H3. The second-order valence-corrected chi connectivity index (χ2v) is 5.30. The minimum Gasteiger partial charge on any atom is -0.308 e. The van der Waals surface area contributed by atoms with E-state index in [1.807, 2.05) is 11.3 Å². The monoisotopic (exact) mass is 210 g/mol. The lowest BCUT2D eigenvalue weighted by Crippen LogP contribution is -2.22. The maximum Gasteiger partial charge on any atom is 0.110 e. The van der Waals surface area contributed by atoms with Crippen LogP contribution in [0.2, 0.25) is 0 Å². The molecule has 3 heteroatoms. The number of aryl methyl sites for hydroxylation is 2. The van der Waals surface area contributed by atoms with Crippen molar-refractivity contribution in [3.63, 3.8) is 0 Å². The van der Waals surface area contributed by atoms with Gasteiger partial charge in [-0.25, -0.2) is 4.98 Å². The van der Waals surface area contributed by atoms with Crippen LogP contribution in [0.15, 0.2) is 0 Å². The molecule has 1 unspecified atom stereocenters. The van der Waals surface area contributed by atoms with E-state index >= 15 is 0 Å². The van der Waals surface area contributed by atoms with Crippen LogP contribution in [0.25, 0.3) is 0 Å². The Morgan fingerprint density at radius 1 is 1.50 bits per heavy atom. The van der Waals surface area contributed by atoms with E-state index in [1.165, 1.54) is 28.4 Å². The van der Waals surface area contributed by atoms with Gasteiger partial charge in [0.1, 0.15) is 5.01 Å². The summed E-state index contributed by atoms with van der Waals surface area (Å²) < 4.78 is 0. The molecule has 0 saturated heterocycles. The van der Waals surface area contributed by atoms with Crippen molar-refractivity contribution in [2.75, 3.05) is 6.54 Å². The molecule has 1 aliphatic rings. The number of aromatic nitrogens is 1. The van der Waals surface area contributed by atoms with Gasteiger partial charge in [0, 0.05) is 4.88 Å².